The van der Waals surface area contributed by atoms with Gasteiger partial charge in [0.25, 0.3) is 0 Å². The molecule has 4 nitrogen and oxygen atoms in total. The maximum absolute atomic E-state index is 13.1. The molecule has 1 fully saturated rings. The van der Waals surface area contributed by atoms with Crippen molar-refractivity contribution in [1.82, 2.24) is 15.2 Å². The highest BCUT2D eigenvalue weighted by Crippen LogP contribution is 2.34. The molecule has 1 aromatic heterocycles. The van der Waals surface area contributed by atoms with Crippen LogP contribution in [0.4, 0.5) is 0 Å². The molecule has 21 heavy (non-hydrogen) atoms. The average Bonchev–Trinajstić information content (AvgIpc) is 2.54. The summed E-state index contributed by atoms with van der Waals surface area (Å²) in [5.41, 5.74) is 0.751. The molecule has 0 bridgehead atoms. The Bertz CT molecular complexity index is 435. The minimum Gasteiger partial charge on any atom is -0.337 e. The van der Waals surface area contributed by atoms with Crippen molar-refractivity contribution in [2.24, 2.45) is 5.41 Å². The normalized spacial score (nSPS) is 22.0. The van der Waals surface area contributed by atoms with Crippen LogP contribution in [0.25, 0.3) is 0 Å². The number of nitrogens with one attached hydrogen (secondary N) is 1. The third kappa shape index (κ3) is 3.82. The van der Waals surface area contributed by atoms with Crippen LogP contribution in [0.5, 0.6) is 0 Å². The summed E-state index contributed by atoms with van der Waals surface area (Å²) < 4.78 is 0. The van der Waals surface area contributed by atoms with Crippen LogP contribution in [0, 0.1) is 5.41 Å². The molecule has 0 saturated carbocycles. The molecule has 0 radical (unpaired) electrons. The molecule has 0 aromatic carbocycles. The lowest BCUT2D eigenvalue weighted by Crippen LogP contribution is -2.51. The number of carbonyl (C=O) groups excluding carboxylic acids is 1. The Kier molecular flexibility index (Phi) is 5.74. The summed E-state index contributed by atoms with van der Waals surface area (Å²) in [6.07, 6.45) is 5.90. The summed E-state index contributed by atoms with van der Waals surface area (Å²) >= 11 is 0. The van der Waals surface area contributed by atoms with E-state index in [-0.39, 0.29) is 5.41 Å². The van der Waals surface area contributed by atoms with Gasteiger partial charge < -0.3 is 10.2 Å². The molecular weight excluding hydrogens is 262 g/mol. The van der Waals surface area contributed by atoms with Gasteiger partial charge in [-0.1, -0.05) is 19.4 Å². The van der Waals surface area contributed by atoms with Crippen LogP contribution < -0.4 is 5.32 Å². The monoisotopic (exact) mass is 289 g/mol. The minimum atomic E-state index is -0.211. The molecule has 1 aliphatic heterocycles. The van der Waals surface area contributed by atoms with E-state index < -0.39 is 0 Å². The molecule has 116 valence electrons. The Hall–Kier alpha value is -1.42. The number of rotatable bonds is 6. The average molecular weight is 289 g/mol. The second-order valence-corrected chi connectivity index (χ2v) is 5.95. The van der Waals surface area contributed by atoms with Crippen LogP contribution in [-0.4, -0.2) is 35.4 Å². The smallest absolute Gasteiger partial charge is 0.230 e. The third-order valence-electron chi connectivity index (χ3n) is 4.40. The van der Waals surface area contributed by atoms with Crippen LogP contribution in [-0.2, 0) is 11.3 Å². The number of pyridine rings is 1. The molecule has 2 rings (SSSR count). The van der Waals surface area contributed by atoms with E-state index in [2.05, 4.69) is 24.1 Å². The Balaban J connectivity index is 2.13. The van der Waals surface area contributed by atoms with Crippen molar-refractivity contribution in [3.05, 3.63) is 30.1 Å². The number of piperidine rings is 1. The van der Waals surface area contributed by atoms with Gasteiger partial charge in [0, 0.05) is 19.3 Å². The molecule has 0 aliphatic carbocycles. The topological polar surface area (TPSA) is 45.2 Å². The van der Waals surface area contributed by atoms with Gasteiger partial charge in [0.15, 0.2) is 0 Å². The van der Waals surface area contributed by atoms with Crippen LogP contribution in [0.15, 0.2) is 24.4 Å². The van der Waals surface area contributed by atoms with Gasteiger partial charge in [0.2, 0.25) is 5.91 Å². The summed E-state index contributed by atoms with van der Waals surface area (Å²) in [6, 6.07) is 5.87. The van der Waals surface area contributed by atoms with Crippen molar-refractivity contribution in [3.8, 4) is 0 Å². The lowest BCUT2D eigenvalue weighted by Gasteiger charge is -2.40. The van der Waals surface area contributed by atoms with E-state index in [4.69, 9.17) is 0 Å². The maximum atomic E-state index is 13.1. The van der Waals surface area contributed by atoms with E-state index in [9.17, 15) is 4.79 Å². The fourth-order valence-electron chi connectivity index (χ4n) is 3.30. The number of aromatic nitrogens is 1. The molecule has 1 atom stereocenters. The molecule has 2 heterocycles. The van der Waals surface area contributed by atoms with Crippen molar-refractivity contribution in [3.63, 3.8) is 0 Å². The molecule has 1 aromatic rings. The Labute approximate surface area is 127 Å². The van der Waals surface area contributed by atoms with E-state index in [1.807, 2.05) is 23.1 Å². The van der Waals surface area contributed by atoms with E-state index in [0.717, 1.165) is 51.0 Å². The van der Waals surface area contributed by atoms with Crippen LogP contribution >= 0.6 is 0 Å². The van der Waals surface area contributed by atoms with Gasteiger partial charge in [0.05, 0.1) is 17.7 Å². The zero-order chi connectivity index (χ0) is 15.1. The van der Waals surface area contributed by atoms with Gasteiger partial charge in [-0.15, -0.1) is 0 Å². The van der Waals surface area contributed by atoms with E-state index in [0.29, 0.717) is 12.5 Å². The Morgan fingerprint density at radius 3 is 2.86 bits per heavy atom. The van der Waals surface area contributed by atoms with E-state index >= 15 is 0 Å². The number of hydrogen-bond acceptors (Lipinski definition) is 3. The fraction of sp³-hybridized carbons (Fsp3) is 0.647. The van der Waals surface area contributed by atoms with Gasteiger partial charge in [-0.25, -0.2) is 0 Å². The highest BCUT2D eigenvalue weighted by atomic mass is 16.2. The molecule has 1 aliphatic rings. The number of carbonyl (C=O) groups is 1. The molecule has 1 N–H and O–H groups in total. The molecule has 0 spiro atoms. The van der Waals surface area contributed by atoms with Gasteiger partial charge in [-0.2, -0.15) is 0 Å². The van der Waals surface area contributed by atoms with Gasteiger partial charge in [-0.05, 0) is 44.9 Å². The SMILES string of the molecule is CCCC1(C(=O)N(CC)Cc2ccccn2)CCCNC1. The quantitative estimate of drug-likeness (QED) is 0.875. The first-order valence-corrected chi connectivity index (χ1v) is 8.12. The summed E-state index contributed by atoms with van der Waals surface area (Å²) in [4.78, 5) is 19.4. The Morgan fingerprint density at radius 1 is 1.43 bits per heavy atom. The maximum Gasteiger partial charge on any atom is 0.230 e. The third-order valence-corrected chi connectivity index (χ3v) is 4.40. The molecular formula is C17H27N3O. The van der Waals surface area contributed by atoms with E-state index in [1.165, 1.54) is 0 Å². The number of amides is 1. The number of nitrogens with zero attached hydrogens (tertiary/aromatic N) is 2. The van der Waals surface area contributed by atoms with Crippen LogP contribution in [0.2, 0.25) is 0 Å². The van der Waals surface area contributed by atoms with Crippen molar-refractivity contribution in [1.29, 1.82) is 0 Å². The first kappa shape index (κ1) is 16.0. The minimum absolute atomic E-state index is 0.211. The fourth-order valence-corrected chi connectivity index (χ4v) is 3.30. The highest BCUT2D eigenvalue weighted by molar-refractivity contribution is 5.83. The van der Waals surface area contributed by atoms with Crippen molar-refractivity contribution in [2.45, 2.75) is 46.1 Å². The van der Waals surface area contributed by atoms with Crippen molar-refractivity contribution < 1.29 is 4.79 Å². The van der Waals surface area contributed by atoms with E-state index in [1.54, 1.807) is 6.20 Å². The van der Waals surface area contributed by atoms with Gasteiger partial charge in [-0.3, -0.25) is 9.78 Å². The summed E-state index contributed by atoms with van der Waals surface area (Å²) in [7, 11) is 0. The second kappa shape index (κ2) is 7.55. The van der Waals surface area contributed by atoms with Crippen molar-refractivity contribution in [2.75, 3.05) is 19.6 Å². The number of hydrogen-bond donors (Lipinski definition) is 1. The van der Waals surface area contributed by atoms with Crippen molar-refractivity contribution >= 4 is 5.91 Å². The van der Waals surface area contributed by atoms with Gasteiger partial charge >= 0.3 is 0 Å². The van der Waals surface area contributed by atoms with Gasteiger partial charge in [0.1, 0.15) is 0 Å². The highest BCUT2D eigenvalue weighted by Gasteiger charge is 2.40. The van der Waals surface area contributed by atoms with Crippen LogP contribution in [0.3, 0.4) is 0 Å². The second-order valence-electron chi connectivity index (χ2n) is 5.95. The first-order valence-electron chi connectivity index (χ1n) is 8.12. The summed E-state index contributed by atoms with van der Waals surface area (Å²) in [6.45, 7) is 7.42. The molecule has 1 amide bonds. The molecule has 1 unspecified atom stereocenters. The lowest BCUT2D eigenvalue weighted by atomic mass is 9.75. The molecule has 1 saturated heterocycles. The summed E-state index contributed by atoms with van der Waals surface area (Å²) in [5, 5.41) is 3.42. The van der Waals surface area contributed by atoms with Crippen LogP contribution in [0.1, 0.15) is 45.2 Å². The predicted octanol–water partition coefficient (Wildman–Crippen LogP) is 2.60. The zero-order valence-corrected chi connectivity index (χ0v) is 13.3. The Morgan fingerprint density at radius 2 is 2.29 bits per heavy atom. The standard InChI is InChI=1S/C17H27N3O/c1-3-9-17(10-7-11-18-14-17)16(21)20(4-2)13-15-8-5-6-12-19-15/h5-6,8,12,18H,3-4,7,9-11,13-14H2,1-2H3. The zero-order valence-electron chi connectivity index (χ0n) is 13.3. The lowest BCUT2D eigenvalue weighted by molar-refractivity contribution is -0.144. The first-order chi connectivity index (χ1) is 10.2. The summed E-state index contributed by atoms with van der Waals surface area (Å²) in [5.74, 6) is 0.296. The molecule has 4 heteroatoms. The predicted molar refractivity (Wildman–Crippen MR) is 84.8 cm³/mol. The largest absolute Gasteiger partial charge is 0.337 e.